The highest BCUT2D eigenvalue weighted by Crippen LogP contribution is 2.23. The number of hydrogen-bond acceptors (Lipinski definition) is 2. The van der Waals surface area contributed by atoms with Gasteiger partial charge in [-0.2, -0.15) is 0 Å². The summed E-state index contributed by atoms with van der Waals surface area (Å²) in [7, 11) is 0. The van der Waals surface area contributed by atoms with Gasteiger partial charge in [0.15, 0.2) is 0 Å². The average molecular weight is 389 g/mol. The Morgan fingerprint density at radius 3 is 2.44 bits per heavy atom. The summed E-state index contributed by atoms with van der Waals surface area (Å²) < 4.78 is 2.20. The molecule has 2 rings (SSSR count). The van der Waals surface area contributed by atoms with Gasteiger partial charge in [-0.3, -0.25) is 0 Å². The van der Waals surface area contributed by atoms with Crippen molar-refractivity contribution in [3.8, 4) is 0 Å². The monoisotopic (exact) mass is 387 g/mol. The van der Waals surface area contributed by atoms with Crippen molar-refractivity contribution < 1.29 is 0 Å². The summed E-state index contributed by atoms with van der Waals surface area (Å²) in [5.41, 5.74) is 1.29. The maximum absolute atomic E-state index is 3.52. The molecule has 0 fully saturated rings. The van der Waals surface area contributed by atoms with E-state index in [0.29, 0.717) is 0 Å². The predicted octanol–water partition coefficient (Wildman–Crippen LogP) is 5.13. The van der Waals surface area contributed by atoms with Crippen LogP contribution in [0.15, 0.2) is 39.3 Å². The zero-order valence-corrected chi connectivity index (χ0v) is 14.2. The van der Waals surface area contributed by atoms with Crippen molar-refractivity contribution in [2.75, 3.05) is 0 Å². The molecule has 0 aliphatic carbocycles. The van der Waals surface area contributed by atoms with Crippen molar-refractivity contribution in [3.63, 3.8) is 0 Å². The van der Waals surface area contributed by atoms with E-state index in [-0.39, 0.29) is 0 Å². The van der Waals surface area contributed by atoms with Crippen molar-refractivity contribution in [2.45, 2.75) is 26.4 Å². The predicted molar refractivity (Wildman–Crippen MR) is 86.1 cm³/mol. The normalized spacial score (nSPS) is 10.8. The minimum Gasteiger partial charge on any atom is -0.308 e. The molecule has 2 aromatic rings. The van der Waals surface area contributed by atoms with Gasteiger partial charge in [0.1, 0.15) is 0 Å². The SMILES string of the molecule is CCc1ccc(CNCc2ccc(Br)c(Br)c2)s1. The second-order valence-electron chi connectivity index (χ2n) is 4.07. The van der Waals surface area contributed by atoms with Gasteiger partial charge in [0.25, 0.3) is 0 Å². The molecule has 18 heavy (non-hydrogen) atoms. The number of hydrogen-bond donors (Lipinski definition) is 1. The van der Waals surface area contributed by atoms with E-state index in [1.54, 1.807) is 0 Å². The van der Waals surface area contributed by atoms with E-state index >= 15 is 0 Å². The van der Waals surface area contributed by atoms with Crippen LogP contribution >= 0.6 is 43.2 Å². The van der Waals surface area contributed by atoms with Gasteiger partial charge in [-0.15, -0.1) is 11.3 Å². The number of thiophene rings is 1. The van der Waals surface area contributed by atoms with Crippen LogP contribution in [0.5, 0.6) is 0 Å². The van der Waals surface area contributed by atoms with Crippen LogP contribution in [0.25, 0.3) is 0 Å². The molecule has 0 aliphatic heterocycles. The third kappa shape index (κ3) is 3.92. The van der Waals surface area contributed by atoms with Crippen LogP contribution in [0, 0.1) is 0 Å². The van der Waals surface area contributed by atoms with Crippen LogP contribution in [0.1, 0.15) is 22.2 Å². The van der Waals surface area contributed by atoms with E-state index in [2.05, 4.69) is 74.4 Å². The van der Waals surface area contributed by atoms with Crippen LogP contribution in [-0.4, -0.2) is 0 Å². The Hall–Kier alpha value is -0.160. The van der Waals surface area contributed by atoms with Crippen molar-refractivity contribution in [1.82, 2.24) is 5.32 Å². The molecular weight excluding hydrogens is 374 g/mol. The first-order valence-corrected chi connectivity index (χ1v) is 8.31. The molecule has 0 amide bonds. The van der Waals surface area contributed by atoms with Gasteiger partial charge in [-0.1, -0.05) is 13.0 Å². The minimum absolute atomic E-state index is 0.894. The fraction of sp³-hybridized carbons (Fsp3) is 0.286. The van der Waals surface area contributed by atoms with Gasteiger partial charge in [-0.05, 0) is 68.1 Å². The zero-order valence-electron chi connectivity index (χ0n) is 10.2. The average Bonchev–Trinajstić information content (AvgIpc) is 2.82. The summed E-state index contributed by atoms with van der Waals surface area (Å²) in [6, 6.07) is 10.8. The van der Waals surface area contributed by atoms with Crippen molar-refractivity contribution >= 4 is 43.2 Å². The van der Waals surface area contributed by atoms with Gasteiger partial charge in [0.2, 0.25) is 0 Å². The summed E-state index contributed by atoms with van der Waals surface area (Å²) in [5.74, 6) is 0. The summed E-state index contributed by atoms with van der Waals surface area (Å²) >= 11 is 8.90. The molecule has 4 heteroatoms. The number of benzene rings is 1. The van der Waals surface area contributed by atoms with Crippen LogP contribution in [0.4, 0.5) is 0 Å². The molecule has 0 radical (unpaired) electrons. The molecule has 0 atom stereocenters. The van der Waals surface area contributed by atoms with Gasteiger partial charge in [0, 0.05) is 31.8 Å². The van der Waals surface area contributed by atoms with Crippen LogP contribution < -0.4 is 5.32 Å². The molecule has 96 valence electrons. The fourth-order valence-corrected chi connectivity index (χ4v) is 3.29. The van der Waals surface area contributed by atoms with Crippen LogP contribution in [-0.2, 0) is 19.5 Å². The van der Waals surface area contributed by atoms with Crippen molar-refractivity contribution in [3.05, 3.63) is 54.6 Å². The molecule has 1 heterocycles. The largest absolute Gasteiger partial charge is 0.308 e. The maximum Gasteiger partial charge on any atom is 0.0320 e. The van der Waals surface area contributed by atoms with Gasteiger partial charge in [-0.25, -0.2) is 0 Å². The Morgan fingerprint density at radius 2 is 1.78 bits per heavy atom. The lowest BCUT2D eigenvalue weighted by molar-refractivity contribution is 0.700. The third-order valence-corrected chi connectivity index (χ3v) is 5.79. The van der Waals surface area contributed by atoms with Crippen LogP contribution in [0.2, 0.25) is 0 Å². The Morgan fingerprint density at radius 1 is 1.00 bits per heavy atom. The topological polar surface area (TPSA) is 12.0 Å². The van der Waals surface area contributed by atoms with E-state index in [0.717, 1.165) is 28.5 Å². The summed E-state index contributed by atoms with van der Waals surface area (Å²) in [6.45, 7) is 4.03. The van der Waals surface area contributed by atoms with Crippen molar-refractivity contribution in [2.24, 2.45) is 0 Å². The van der Waals surface area contributed by atoms with Gasteiger partial charge in [0.05, 0.1) is 0 Å². The molecular formula is C14H15Br2NS. The van der Waals surface area contributed by atoms with E-state index in [1.807, 2.05) is 11.3 Å². The Labute approximate surface area is 129 Å². The molecule has 0 aliphatic rings. The first-order valence-electron chi connectivity index (χ1n) is 5.91. The summed E-state index contributed by atoms with van der Waals surface area (Å²) in [4.78, 5) is 2.86. The number of aryl methyl sites for hydroxylation is 1. The number of rotatable bonds is 5. The highest BCUT2D eigenvalue weighted by Gasteiger charge is 2.00. The van der Waals surface area contributed by atoms with E-state index < -0.39 is 0 Å². The van der Waals surface area contributed by atoms with E-state index in [9.17, 15) is 0 Å². The van der Waals surface area contributed by atoms with E-state index in [4.69, 9.17) is 0 Å². The Kier molecular flexibility index (Phi) is 5.42. The van der Waals surface area contributed by atoms with Gasteiger partial charge >= 0.3 is 0 Å². The standard InChI is InChI=1S/C14H15Br2NS/c1-2-11-4-5-12(18-11)9-17-8-10-3-6-13(15)14(16)7-10/h3-7,17H,2,8-9H2,1H3. The number of nitrogens with one attached hydrogen (secondary N) is 1. The molecule has 1 aromatic heterocycles. The lowest BCUT2D eigenvalue weighted by Gasteiger charge is -2.05. The highest BCUT2D eigenvalue weighted by molar-refractivity contribution is 9.13. The minimum atomic E-state index is 0.894. The quantitative estimate of drug-likeness (QED) is 0.748. The fourth-order valence-electron chi connectivity index (χ4n) is 1.69. The molecule has 1 nitrogen and oxygen atoms in total. The summed E-state index contributed by atoms with van der Waals surface area (Å²) in [5, 5.41) is 3.48. The summed E-state index contributed by atoms with van der Waals surface area (Å²) in [6.07, 6.45) is 1.13. The second-order valence-corrected chi connectivity index (χ2v) is 7.04. The lowest BCUT2D eigenvalue weighted by Crippen LogP contribution is -2.11. The molecule has 0 saturated carbocycles. The Bertz CT molecular complexity index is 522. The third-order valence-electron chi connectivity index (χ3n) is 2.68. The van der Waals surface area contributed by atoms with Gasteiger partial charge < -0.3 is 5.32 Å². The first kappa shape index (κ1) is 14.3. The second kappa shape index (κ2) is 6.85. The number of halogens is 2. The molecule has 0 spiro atoms. The smallest absolute Gasteiger partial charge is 0.0320 e. The zero-order chi connectivity index (χ0) is 13.0. The van der Waals surface area contributed by atoms with Crippen molar-refractivity contribution in [1.29, 1.82) is 0 Å². The lowest BCUT2D eigenvalue weighted by atomic mass is 10.2. The maximum atomic E-state index is 3.52. The molecule has 0 saturated heterocycles. The highest BCUT2D eigenvalue weighted by atomic mass is 79.9. The van der Waals surface area contributed by atoms with E-state index in [1.165, 1.54) is 15.3 Å². The molecule has 1 N–H and O–H groups in total. The van der Waals surface area contributed by atoms with Crippen LogP contribution in [0.3, 0.4) is 0 Å². The molecule has 0 unspecified atom stereocenters. The molecule has 1 aromatic carbocycles. The Balaban J connectivity index is 1.86. The first-order chi connectivity index (χ1) is 8.69. The molecule has 0 bridgehead atoms.